The number of aromatic nitrogens is 2. The molecule has 2 heterocycles. The van der Waals surface area contributed by atoms with Crippen molar-refractivity contribution < 1.29 is 0 Å². The number of nitrogens with two attached hydrogens (primary N) is 1. The third-order valence-corrected chi connectivity index (χ3v) is 3.05. The second kappa shape index (κ2) is 4.11. The van der Waals surface area contributed by atoms with Gasteiger partial charge in [0.15, 0.2) is 0 Å². The fraction of sp³-hybridized carbons (Fsp3) is 0.0667. The summed E-state index contributed by atoms with van der Waals surface area (Å²) in [6.45, 7) is 2.05. The van der Waals surface area contributed by atoms with E-state index in [0.717, 1.165) is 27.6 Å². The smallest absolute Gasteiger partial charge is 0.124 e. The van der Waals surface area contributed by atoms with Gasteiger partial charge in [-0.15, -0.1) is 0 Å². The summed E-state index contributed by atoms with van der Waals surface area (Å²) >= 11 is 0. The monoisotopic (exact) mass is 235 g/mol. The van der Waals surface area contributed by atoms with Crippen molar-refractivity contribution in [2.75, 3.05) is 5.73 Å². The van der Waals surface area contributed by atoms with Gasteiger partial charge in [-0.1, -0.05) is 24.3 Å². The topological polar surface area (TPSA) is 51.8 Å². The lowest BCUT2D eigenvalue weighted by Gasteiger charge is -2.09. The number of hydrogen-bond donors (Lipinski definition) is 1. The summed E-state index contributed by atoms with van der Waals surface area (Å²) in [6, 6.07) is 12.0. The molecule has 0 aliphatic heterocycles. The van der Waals surface area contributed by atoms with E-state index in [2.05, 4.69) is 23.0 Å². The van der Waals surface area contributed by atoms with E-state index in [1.165, 1.54) is 0 Å². The van der Waals surface area contributed by atoms with Crippen molar-refractivity contribution in [3.63, 3.8) is 0 Å². The van der Waals surface area contributed by atoms with Crippen LogP contribution in [0.2, 0.25) is 0 Å². The zero-order valence-corrected chi connectivity index (χ0v) is 10.1. The molecule has 18 heavy (non-hydrogen) atoms. The van der Waals surface area contributed by atoms with Crippen LogP contribution in [0.15, 0.2) is 48.8 Å². The first-order valence-electron chi connectivity index (χ1n) is 5.82. The van der Waals surface area contributed by atoms with Crippen LogP contribution in [0.1, 0.15) is 5.56 Å². The van der Waals surface area contributed by atoms with Gasteiger partial charge in [-0.2, -0.15) is 0 Å². The first kappa shape index (κ1) is 10.7. The highest BCUT2D eigenvalue weighted by molar-refractivity contribution is 5.96. The van der Waals surface area contributed by atoms with Gasteiger partial charge < -0.3 is 5.73 Å². The minimum absolute atomic E-state index is 0.534. The van der Waals surface area contributed by atoms with Gasteiger partial charge in [-0.05, 0) is 30.0 Å². The molecule has 3 rings (SSSR count). The molecule has 0 unspecified atom stereocenters. The van der Waals surface area contributed by atoms with Crippen LogP contribution in [0.3, 0.4) is 0 Å². The standard InChI is InChI=1S/C15H13N3/c1-10-6-7-17-9-13(10)15-12-5-3-2-4-11(12)8-14(16)18-15/h2-9H,1H3,(H2,16,18). The van der Waals surface area contributed by atoms with Crippen LogP contribution >= 0.6 is 0 Å². The molecule has 0 fully saturated rings. The summed E-state index contributed by atoms with van der Waals surface area (Å²) in [7, 11) is 0. The number of rotatable bonds is 1. The molecule has 0 amide bonds. The SMILES string of the molecule is Cc1ccncc1-c1nc(N)cc2ccccc12. The number of aryl methyl sites for hydroxylation is 1. The number of nitrogen functional groups attached to an aromatic ring is 1. The summed E-state index contributed by atoms with van der Waals surface area (Å²) in [6.07, 6.45) is 3.62. The number of anilines is 1. The van der Waals surface area contributed by atoms with Crippen molar-refractivity contribution in [2.24, 2.45) is 0 Å². The molecule has 3 heteroatoms. The molecule has 0 radical (unpaired) electrons. The molecule has 1 aromatic carbocycles. The Balaban J connectivity index is 2.39. The quantitative estimate of drug-likeness (QED) is 0.704. The van der Waals surface area contributed by atoms with Crippen LogP contribution in [0.5, 0.6) is 0 Å². The predicted octanol–water partition coefficient (Wildman–Crippen LogP) is 3.19. The first-order valence-corrected chi connectivity index (χ1v) is 5.82. The normalized spacial score (nSPS) is 10.7. The highest BCUT2D eigenvalue weighted by Gasteiger charge is 2.09. The summed E-state index contributed by atoms with van der Waals surface area (Å²) in [5, 5.41) is 2.20. The Kier molecular flexibility index (Phi) is 2.45. The minimum Gasteiger partial charge on any atom is -0.384 e. The second-order valence-electron chi connectivity index (χ2n) is 4.31. The predicted molar refractivity (Wildman–Crippen MR) is 74.1 cm³/mol. The molecule has 3 nitrogen and oxygen atoms in total. The van der Waals surface area contributed by atoms with E-state index < -0.39 is 0 Å². The van der Waals surface area contributed by atoms with Crippen LogP contribution in [0, 0.1) is 6.92 Å². The van der Waals surface area contributed by atoms with Crippen molar-refractivity contribution >= 4 is 16.6 Å². The lowest BCUT2D eigenvalue weighted by atomic mass is 10.0. The van der Waals surface area contributed by atoms with Crippen molar-refractivity contribution in [3.05, 3.63) is 54.4 Å². The van der Waals surface area contributed by atoms with Gasteiger partial charge in [-0.25, -0.2) is 4.98 Å². The maximum atomic E-state index is 5.88. The molecular formula is C15H13N3. The Labute approximate surface area is 105 Å². The van der Waals surface area contributed by atoms with Crippen LogP contribution in [0.4, 0.5) is 5.82 Å². The largest absolute Gasteiger partial charge is 0.384 e. The lowest BCUT2D eigenvalue weighted by molar-refractivity contribution is 1.26. The van der Waals surface area contributed by atoms with Crippen LogP contribution in [-0.4, -0.2) is 9.97 Å². The van der Waals surface area contributed by atoms with Gasteiger partial charge in [-0.3, -0.25) is 4.98 Å². The molecule has 88 valence electrons. The molecule has 2 aromatic heterocycles. The molecule has 0 bridgehead atoms. The van der Waals surface area contributed by atoms with Crippen molar-refractivity contribution in [2.45, 2.75) is 6.92 Å². The Morgan fingerprint density at radius 1 is 1.11 bits per heavy atom. The highest BCUT2D eigenvalue weighted by Crippen LogP contribution is 2.29. The third-order valence-electron chi connectivity index (χ3n) is 3.05. The Morgan fingerprint density at radius 2 is 1.94 bits per heavy atom. The highest BCUT2D eigenvalue weighted by atomic mass is 14.8. The van der Waals surface area contributed by atoms with E-state index in [1.54, 1.807) is 6.20 Å². The molecule has 0 aliphatic rings. The van der Waals surface area contributed by atoms with Crippen LogP contribution in [-0.2, 0) is 0 Å². The number of nitrogens with zero attached hydrogens (tertiary/aromatic N) is 2. The maximum Gasteiger partial charge on any atom is 0.124 e. The Morgan fingerprint density at radius 3 is 2.78 bits per heavy atom. The van der Waals surface area contributed by atoms with E-state index in [4.69, 9.17) is 5.73 Å². The fourth-order valence-electron chi connectivity index (χ4n) is 2.14. The van der Waals surface area contributed by atoms with Gasteiger partial charge in [0.1, 0.15) is 5.82 Å². The summed E-state index contributed by atoms with van der Waals surface area (Å²) in [5.41, 5.74) is 8.96. The molecule has 0 spiro atoms. The van der Waals surface area contributed by atoms with E-state index in [1.807, 2.05) is 36.5 Å². The minimum atomic E-state index is 0.534. The van der Waals surface area contributed by atoms with Crippen LogP contribution in [0.25, 0.3) is 22.0 Å². The number of pyridine rings is 2. The Hall–Kier alpha value is -2.42. The van der Waals surface area contributed by atoms with Gasteiger partial charge >= 0.3 is 0 Å². The van der Waals surface area contributed by atoms with E-state index in [-0.39, 0.29) is 0 Å². The third kappa shape index (κ3) is 1.70. The Bertz CT molecular complexity index is 720. The number of fused-ring (bicyclic) bond motifs is 1. The van der Waals surface area contributed by atoms with Gasteiger partial charge in [0.05, 0.1) is 5.69 Å². The summed E-state index contributed by atoms with van der Waals surface area (Å²) in [5.74, 6) is 0.534. The van der Waals surface area contributed by atoms with Crippen LogP contribution < -0.4 is 5.73 Å². The molecule has 0 atom stereocenters. The van der Waals surface area contributed by atoms with Gasteiger partial charge in [0.2, 0.25) is 0 Å². The molecule has 2 N–H and O–H groups in total. The fourth-order valence-corrected chi connectivity index (χ4v) is 2.14. The lowest BCUT2D eigenvalue weighted by Crippen LogP contribution is -1.95. The maximum absolute atomic E-state index is 5.88. The molecule has 3 aromatic rings. The number of hydrogen-bond acceptors (Lipinski definition) is 3. The average molecular weight is 235 g/mol. The second-order valence-corrected chi connectivity index (χ2v) is 4.31. The van der Waals surface area contributed by atoms with Crippen molar-refractivity contribution in [3.8, 4) is 11.3 Å². The zero-order valence-electron chi connectivity index (χ0n) is 10.1. The zero-order chi connectivity index (χ0) is 12.5. The number of benzene rings is 1. The molecule has 0 saturated carbocycles. The summed E-state index contributed by atoms with van der Waals surface area (Å²) in [4.78, 5) is 8.65. The van der Waals surface area contributed by atoms with Crippen molar-refractivity contribution in [1.29, 1.82) is 0 Å². The van der Waals surface area contributed by atoms with E-state index in [9.17, 15) is 0 Å². The van der Waals surface area contributed by atoms with E-state index in [0.29, 0.717) is 5.82 Å². The summed E-state index contributed by atoms with van der Waals surface area (Å²) < 4.78 is 0. The first-order chi connectivity index (χ1) is 8.75. The van der Waals surface area contributed by atoms with Crippen molar-refractivity contribution in [1.82, 2.24) is 9.97 Å². The average Bonchev–Trinajstić information content (AvgIpc) is 2.38. The molecule has 0 saturated heterocycles. The molecular weight excluding hydrogens is 222 g/mol. The van der Waals surface area contributed by atoms with E-state index >= 15 is 0 Å². The molecule has 0 aliphatic carbocycles. The van der Waals surface area contributed by atoms with Gasteiger partial charge in [0, 0.05) is 23.3 Å². The van der Waals surface area contributed by atoms with Gasteiger partial charge in [0.25, 0.3) is 0 Å².